The van der Waals surface area contributed by atoms with E-state index in [0.29, 0.717) is 33.4 Å². The fourth-order valence-electron chi connectivity index (χ4n) is 4.06. The summed E-state index contributed by atoms with van der Waals surface area (Å²) in [4.78, 5) is 0. The van der Waals surface area contributed by atoms with Crippen molar-refractivity contribution < 1.29 is 21.6 Å². The van der Waals surface area contributed by atoms with Crippen LogP contribution < -0.4 is 4.57 Å². The van der Waals surface area contributed by atoms with Gasteiger partial charge in [0, 0.05) is 31.1 Å². The number of pyridine rings is 1. The minimum Gasteiger partial charge on any atom is -0.454 e. The molecule has 0 radical (unpaired) electrons. The SMILES string of the molecule is [2H]C([2H])([2H])c1cccc(-c2c(F)ccc3c2oc2c(-c4cc(C([2H])([2H])[2H])cc[n+]4C)c(C)ccc23)c1. The smallest absolute Gasteiger partial charge is 0.216 e. The molecule has 0 unspecified atom stereocenters. The zero-order chi connectivity index (χ0) is 26.0. The van der Waals surface area contributed by atoms with Crippen LogP contribution in [0, 0.1) is 26.4 Å². The number of hydrogen-bond donors (Lipinski definition) is 0. The van der Waals surface area contributed by atoms with Crippen molar-refractivity contribution in [2.75, 3.05) is 0 Å². The van der Waals surface area contributed by atoms with Crippen LogP contribution in [0.1, 0.15) is 24.9 Å². The average molecular weight is 403 g/mol. The summed E-state index contributed by atoms with van der Waals surface area (Å²) in [5, 5.41) is 1.43. The molecule has 0 aliphatic carbocycles. The van der Waals surface area contributed by atoms with Gasteiger partial charge in [-0.25, -0.2) is 8.96 Å². The van der Waals surface area contributed by atoms with Gasteiger partial charge in [0.05, 0.1) is 11.1 Å². The van der Waals surface area contributed by atoms with Crippen LogP contribution in [-0.2, 0) is 7.05 Å². The van der Waals surface area contributed by atoms with Gasteiger partial charge in [0.15, 0.2) is 6.20 Å². The molecule has 5 aromatic rings. The maximum Gasteiger partial charge on any atom is 0.216 e. The molecule has 3 heteroatoms. The molecule has 148 valence electrons. The van der Waals surface area contributed by atoms with Crippen LogP contribution in [0.2, 0.25) is 0 Å². The Kier molecular flexibility index (Phi) is 2.94. The zero-order valence-corrected chi connectivity index (χ0v) is 16.6. The molecule has 0 aliphatic heterocycles. The molecule has 0 amide bonds. The molecule has 0 bridgehead atoms. The quantitative estimate of drug-likeness (QED) is 0.296. The Morgan fingerprint density at radius 3 is 2.40 bits per heavy atom. The number of aryl methyl sites for hydroxylation is 4. The number of furan rings is 1. The number of rotatable bonds is 2. The molecule has 5 rings (SSSR count). The Morgan fingerprint density at radius 2 is 1.60 bits per heavy atom. The van der Waals surface area contributed by atoms with Crippen molar-refractivity contribution in [3.05, 3.63) is 89.4 Å². The fraction of sp³-hybridized carbons (Fsp3) is 0.148. The van der Waals surface area contributed by atoms with Crippen molar-refractivity contribution >= 4 is 21.9 Å². The van der Waals surface area contributed by atoms with Crippen LogP contribution in [0.25, 0.3) is 44.3 Å². The number of hydrogen-bond acceptors (Lipinski definition) is 1. The molecule has 2 heterocycles. The first-order valence-electron chi connectivity index (χ1n) is 12.6. The normalized spacial score (nSPS) is 15.3. The van der Waals surface area contributed by atoms with E-state index in [2.05, 4.69) is 0 Å². The number of fused-ring (bicyclic) bond motifs is 3. The maximum absolute atomic E-state index is 15.2. The Balaban J connectivity index is 1.83. The molecule has 0 fully saturated rings. The van der Waals surface area contributed by atoms with Crippen molar-refractivity contribution in [2.24, 2.45) is 7.05 Å². The summed E-state index contributed by atoms with van der Waals surface area (Å²) >= 11 is 0. The van der Waals surface area contributed by atoms with Gasteiger partial charge in [-0.1, -0.05) is 42.0 Å². The predicted octanol–water partition coefficient (Wildman–Crippen LogP) is 6.81. The van der Waals surface area contributed by atoms with E-state index in [9.17, 15) is 0 Å². The third-order valence-corrected chi connectivity index (χ3v) is 5.52. The van der Waals surface area contributed by atoms with Crippen molar-refractivity contribution in [1.82, 2.24) is 0 Å². The van der Waals surface area contributed by atoms with Crippen LogP contribution in [0.5, 0.6) is 0 Å². The van der Waals surface area contributed by atoms with E-state index in [1.54, 1.807) is 36.5 Å². The van der Waals surface area contributed by atoms with Crippen molar-refractivity contribution in [1.29, 1.82) is 0 Å². The number of nitrogens with zero attached hydrogens (tertiary/aromatic N) is 1. The highest BCUT2D eigenvalue weighted by molar-refractivity contribution is 6.13. The van der Waals surface area contributed by atoms with Gasteiger partial charge in [-0.3, -0.25) is 0 Å². The average Bonchev–Trinajstić information content (AvgIpc) is 3.16. The zero-order valence-electron chi connectivity index (χ0n) is 22.6. The van der Waals surface area contributed by atoms with Gasteiger partial charge in [-0.15, -0.1) is 0 Å². The molecule has 0 saturated heterocycles. The Morgan fingerprint density at radius 1 is 0.867 bits per heavy atom. The minimum absolute atomic E-state index is 0.109. The van der Waals surface area contributed by atoms with Crippen LogP contribution in [0.15, 0.2) is 71.3 Å². The number of halogens is 1. The summed E-state index contributed by atoms with van der Waals surface area (Å²) in [6.45, 7) is -2.70. The molecule has 0 N–H and O–H groups in total. The lowest BCUT2D eigenvalue weighted by Gasteiger charge is -2.06. The number of aromatic nitrogens is 1. The number of benzene rings is 3. The first-order chi connectivity index (χ1) is 16.9. The standard InChI is InChI=1S/C27H23FNO/c1-16-6-5-7-19(14-16)25-22(28)11-10-21-20-9-8-18(3)24(26(20)30-27(21)25)23-15-17(2)12-13-29(23)4/h5-15H,1-4H3/q+1/i1D3,2D3. The van der Waals surface area contributed by atoms with Crippen molar-refractivity contribution in [3.63, 3.8) is 0 Å². The molecule has 0 saturated carbocycles. The summed E-state index contributed by atoms with van der Waals surface area (Å²) in [6.07, 6.45) is 1.70. The van der Waals surface area contributed by atoms with Crippen molar-refractivity contribution in [3.8, 4) is 22.4 Å². The Hall–Kier alpha value is -3.46. The topological polar surface area (TPSA) is 17.0 Å². The monoisotopic (exact) mass is 402 g/mol. The molecule has 0 aliphatic rings. The van der Waals surface area contributed by atoms with Gasteiger partial charge >= 0.3 is 0 Å². The third-order valence-electron chi connectivity index (χ3n) is 5.52. The summed E-state index contributed by atoms with van der Waals surface area (Å²) < 4.78 is 70.1. The molecular formula is C27H23FNO+. The van der Waals surface area contributed by atoms with Crippen LogP contribution in [-0.4, -0.2) is 0 Å². The molecule has 30 heavy (non-hydrogen) atoms. The predicted molar refractivity (Wildman–Crippen MR) is 120 cm³/mol. The highest BCUT2D eigenvalue weighted by atomic mass is 19.1. The van der Waals surface area contributed by atoms with E-state index in [-0.39, 0.29) is 16.7 Å². The second-order valence-corrected chi connectivity index (χ2v) is 7.53. The van der Waals surface area contributed by atoms with Gasteiger partial charge in [-0.2, -0.15) is 0 Å². The van der Waals surface area contributed by atoms with E-state index >= 15 is 4.39 Å². The molecule has 0 atom stereocenters. The van der Waals surface area contributed by atoms with Gasteiger partial charge in [0.2, 0.25) is 5.69 Å². The largest absolute Gasteiger partial charge is 0.454 e. The molecular weight excluding hydrogens is 373 g/mol. The molecule has 2 nitrogen and oxygen atoms in total. The highest BCUT2D eigenvalue weighted by Gasteiger charge is 2.23. The Bertz CT molecular complexity index is 1650. The first-order valence-corrected chi connectivity index (χ1v) is 9.62. The molecule has 2 aromatic heterocycles. The third kappa shape index (κ3) is 2.81. The second kappa shape index (κ2) is 6.81. The van der Waals surface area contributed by atoms with Gasteiger partial charge in [0.25, 0.3) is 0 Å². The molecule has 0 spiro atoms. The van der Waals surface area contributed by atoms with Gasteiger partial charge in [-0.05, 0) is 49.5 Å². The lowest BCUT2D eigenvalue weighted by atomic mass is 9.98. The second-order valence-electron chi connectivity index (χ2n) is 7.53. The summed E-state index contributed by atoms with van der Waals surface area (Å²) in [7, 11) is 1.82. The van der Waals surface area contributed by atoms with Crippen LogP contribution in [0.3, 0.4) is 0 Å². The van der Waals surface area contributed by atoms with E-state index in [1.165, 1.54) is 18.2 Å². The van der Waals surface area contributed by atoms with E-state index in [0.717, 1.165) is 10.9 Å². The summed E-state index contributed by atoms with van der Waals surface area (Å²) in [5.74, 6) is -0.530. The first kappa shape index (κ1) is 13.0. The van der Waals surface area contributed by atoms with Gasteiger partial charge in [0.1, 0.15) is 24.0 Å². The van der Waals surface area contributed by atoms with E-state index < -0.39 is 19.5 Å². The van der Waals surface area contributed by atoms with E-state index in [4.69, 9.17) is 12.6 Å². The molecule has 3 aromatic carbocycles. The van der Waals surface area contributed by atoms with Gasteiger partial charge < -0.3 is 4.42 Å². The van der Waals surface area contributed by atoms with E-state index in [1.807, 2.05) is 30.7 Å². The van der Waals surface area contributed by atoms with Crippen LogP contribution >= 0.6 is 0 Å². The summed E-state index contributed by atoms with van der Waals surface area (Å²) in [6, 6.07) is 16.2. The van der Waals surface area contributed by atoms with Crippen molar-refractivity contribution in [2.45, 2.75) is 20.6 Å². The lowest BCUT2D eigenvalue weighted by molar-refractivity contribution is -0.660. The van der Waals surface area contributed by atoms with Crippen LogP contribution in [0.4, 0.5) is 4.39 Å². The highest BCUT2D eigenvalue weighted by Crippen LogP contribution is 2.41. The maximum atomic E-state index is 15.2. The lowest BCUT2D eigenvalue weighted by Crippen LogP contribution is -2.30. The minimum atomic E-state index is -2.33. The summed E-state index contributed by atoms with van der Waals surface area (Å²) in [5.41, 5.74) is 3.92. The fourth-order valence-corrected chi connectivity index (χ4v) is 4.06. The Labute approximate surface area is 183 Å².